The van der Waals surface area contributed by atoms with Crippen molar-refractivity contribution in [1.29, 1.82) is 0 Å². The van der Waals surface area contributed by atoms with Crippen LogP contribution in [0.3, 0.4) is 0 Å². The fraction of sp³-hybridized carbons (Fsp3) is 0.429. The molecular formula is C21H28O6. The molecule has 2 aromatic rings. The van der Waals surface area contributed by atoms with Crippen molar-refractivity contribution in [3.63, 3.8) is 0 Å². The molecule has 0 fully saturated rings. The van der Waals surface area contributed by atoms with Crippen LogP contribution in [0.1, 0.15) is 24.0 Å². The van der Waals surface area contributed by atoms with Crippen LogP contribution in [-0.2, 0) is 17.6 Å². The number of aliphatic hydroxyl groups is 2. The smallest absolute Gasteiger partial charge is 0.188 e. The largest absolute Gasteiger partial charge is 0.493 e. The summed E-state index contributed by atoms with van der Waals surface area (Å²) in [6, 6.07) is 11.4. The van der Waals surface area contributed by atoms with E-state index in [0.29, 0.717) is 35.8 Å². The molecule has 0 heterocycles. The number of ether oxygens (including phenoxy) is 4. The van der Waals surface area contributed by atoms with Crippen LogP contribution in [0, 0.1) is 0 Å². The fourth-order valence-electron chi connectivity index (χ4n) is 2.67. The van der Waals surface area contributed by atoms with Crippen LogP contribution >= 0.6 is 0 Å². The summed E-state index contributed by atoms with van der Waals surface area (Å²) in [5.41, 5.74) is 2.11. The molecule has 2 aromatic carbocycles. The molecule has 0 saturated carbocycles. The average molecular weight is 376 g/mol. The van der Waals surface area contributed by atoms with Crippen molar-refractivity contribution in [2.75, 3.05) is 34.2 Å². The molecule has 0 saturated heterocycles. The zero-order chi connectivity index (χ0) is 19.5. The Labute approximate surface area is 160 Å². The third-order valence-corrected chi connectivity index (χ3v) is 4.04. The molecule has 0 spiro atoms. The maximum absolute atomic E-state index is 9.05. The summed E-state index contributed by atoms with van der Waals surface area (Å²) in [5.74, 6) is 2.32. The number of hydrogen-bond donors (Lipinski definition) is 2. The molecule has 2 rings (SSSR count). The summed E-state index contributed by atoms with van der Waals surface area (Å²) in [7, 11) is 3.16. The van der Waals surface area contributed by atoms with Gasteiger partial charge in [0.2, 0.25) is 0 Å². The second kappa shape index (κ2) is 11.4. The first-order chi connectivity index (χ1) is 13.2. The number of methoxy groups -OCH3 is 2. The first-order valence-electron chi connectivity index (χ1n) is 9.03. The second-order valence-electron chi connectivity index (χ2n) is 6.07. The first-order valence-corrected chi connectivity index (χ1v) is 9.03. The molecule has 0 aliphatic carbocycles. The Kier molecular flexibility index (Phi) is 8.91. The van der Waals surface area contributed by atoms with Crippen LogP contribution in [0.25, 0.3) is 0 Å². The van der Waals surface area contributed by atoms with E-state index in [4.69, 9.17) is 29.2 Å². The van der Waals surface area contributed by atoms with Gasteiger partial charge in [-0.2, -0.15) is 0 Å². The number of hydrogen-bond acceptors (Lipinski definition) is 6. The van der Waals surface area contributed by atoms with Gasteiger partial charge in [0, 0.05) is 20.3 Å². The van der Waals surface area contributed by atoms with Crippen LogP contribution in [0.4, 0.5) is 0 Å². The van der Waals surface area contributed by atoms with Gasteiger partial charge in [0.05, 0.1) is 7.11 Å². The third kappa shape index (κ3) is 6.43. The van der Waals surface area contributed by atoms with E-state index in [1.165, 1.54) is 0 Å². The molecule has 0 radical (unpaired) electrons. The van der Waals surface area contributed by atoms with E-state index in [9.17, 15) is 0 Å². The lowest BCUT2D eigenvalue weighted by molar-refractivity contribution is 0.0495. The van der Waals surface area contributed by atoms with Crippen molar-refractivity contribution in [3.8, 4) is 23.0 Å². The molecule has 0 amide bonds. The van der Waals surface area contributed by atoms with Crippen molar-refractivity contribution in [1.82, 2.24) is 0 Å². The standard InChI is InChI=1S/C21H28O6/c1-24-15-26-18-9-7-17(6-4-12-23)14-21(18)27-19-10-8-16(5-3-11-22)13-20(19)25-2/h7-10,13-14,22-23H,3-6,11-12,15H2,1-2H3. The molecule has 0 aromatic heterocycles. The van der Waals surface area contributed by atoms with Crippen LogP contribution in [0.2, 0.25) is 0 Å². The Morgan fingerprint density at radius 1 is 0.741 bits per heavy atom. The maximum atomic E-state index is 9.05. The van der Waals surface area contributed by atoms with Crippen molar-refractivity contribution in [2.45, 2.75) is 25.7 Å². The molecule has 6 nitrogen and oxygen atoms in total. The van der Waals surface area contributed by atoms with E-state index >= 15 is 0 Å². The average Bonchev–Trinajstić information content (AvgIpc) is 2.70. The number of rotatable bonds is 12. The van der Waals surface area contributed by atoms with Crippen molar-refractivity contribution < 1.29 is 29.2 Å². The monoisotopic (exact) mass is 376 g/mol. The number of aliphatic hydroxyl groups excluding tert-OH is 2. The zero-order valence-electron chi connectivity index (χ0n) is 15.9. The van der Waals surface area contributed by atoms with Gasteiger partial charge in [-0.15, -0.1) is 0 Å². The van der Waals surface area contributed by atoms with Gasteiger partial charge in [0.25, 0.3) is 0 Å². The lowest BCUT2D eigenvalue weighted by Gasteiger charge is -2.16. The quantitative estimate of drug-likeness (QED) is 0.554. The predicted octanol–water partition coefficient (Wildman–Crippen LogP) is 3.32. The molecule has 0 unspecified atom stereocenters. The molecule has 2 N–H and O–H groups in total. The molecular weight excluding hydrogens is 348 g/mol. The van der Waals surface area contributed by atoms with E-state index in [-0.39, 0.29) is 20.0 Å². The summed E-state index contributed by atoms with van der Waals surface area (Å²) in [4.78, 5) is 0. The summed E-state index contributed by atoms with van der Waals surface area (Å²) in [6.45, 7) is 0.409. The lowest BCUT2D eigenvalue weighted by atomic mass is 10.1. The van der Waals surface area contributed by atoms with E-state index < -0.39 is 0 Å². The highest BCUT2D eigenvalue weighted by Gasteiger charge is 2.12. The van der Waals surface area contributed by atoms with Gasteiger partial charge in [0.15, 0.2) is 29.8 Å². The number of benzene rings is 2. The van der Waals surface area contributed by atoms with E-state index in [0.717, 1.165) is 24.0 Å². The molecule has 0 aliphatic rings. The van der Waals surface area contributed by atoms with Gasteiger partial charge in [-0.05, 0) is 61.1 Å². The Morgan fingerprint density at radius 2 is 1.33 bits per heavy atom. The molecule has 6 heteroatoms. The Bertz CT molecular complexity index is 701. The van der Waals surface area contributed by atoms with Gasteiger partial charge in [-0.3, -0.25) is 0 Å². The zero-order valence-corrected chi connectivity index (χ0v) is 15.9. The van der Waals surface area contributed by atoms with E-state index in [1.807, 2.05) is 36.4 Å². The van der Waals surface area contributed by atoms with Crippen LogP contribution in [0.5, 0.6) is 23.0 Å². The minimum Gasteiger partial charge on any atom is -0.493 e. The molecule has 0 aliphatic heterocycles. The van der Waals surface area contributed by atoms with Crippen LogP contribution in [-0.4, -0.2) is 44.4 Å². The Hall–Kier alpha value is -2.28. The summed E-state index contributed by atoms with van der Waals surface area (Å²) in [5, 5.41) is 18.1. The fourth-order valence-corrected chi connectivity index (χ4v) is 2.67. The Morgan fingerprint density at radius 3 is 1.89 bits per heavy atom. The van der Waals surface area contributed by atoms with Crippen molar-refractivity contribution in [2.24, 2.45) is 0 Å². The third-order valence-electron chi connectivity index (χ3n) is 4.04. The SMILES string of the molecule is COCOc1ccc(CCCO)cc1Oc1ccc(CCCO)cc1OC. The highest BCUT2D eigenvalue weighted by atomic mass is 16.7. The topological polar surface area (TPSA) is 77.4 Å². The second-order valence-corrected chi connectivity index (χ2v) is 6.07. The molecule has 0 atom stereocenters. The molecule has 27 heavy (non-hydrogen) atoms. The highest BCUT2D eigenvalue weighted by molar-refractivity contribution is 5.50. The molecule has 0 bridgehead atoms. The lowest BCUT2D eigenvalue weighted by Crippen LogP contribution is -2.02. The van der Waals surface area contributed by atoms with Crippen molar-refractivity contribution in [3.05, 3.63) is 47.5 Å². The maximum Gasteiger partial charge on any atom is 0.188 e. The van der Waals surface area contributed by atoms with Crippen LogP contribution in [0.15, 0.2) is 36.4 Å². The highest BCUT2D eigenvalue weighted by Crippen LogP contribution is 2.38. The van der Waals surface area contributed by atoms with Gasteiger partial charge < -0.3 is 29.2 Å². The summed E-state index contributed by atoms with van der Waals surface area (Å²) >= 11 is 0. The van der Waals surface area contributed by atoms with Gasteiger partial charge in [0.1, 0.15) is 0 Å². The van der Waals surface area contributed by atoms with Gasteiger partial charge in [-0.25, -0.2) is 0 Å². The van der Waals surface area contributed by atoms with Crippen molar-refractivity contribution >= 4 is 0 Å². The minimum atomic E-state index is 0.115. The summed E-state index contributed by atoms with van der Waals surface area (Å²) < 4.78 is 22.2. The van der Waals surface area contributed by atoms with E-state index in [1.54, 1.807) is 14.2 Å². The first kappa shape index (κ1) is 21.0. The van der Waals surface area contributed by atoms with Gasteiger partial charge in [-0.1, -0.05) is 12.1 Å². The normalized spacial score (nSPS) is 10.7. The predicted molar refractivity (Wildman–Crippen MR) is 103 cm³/mol. The molecule has 148 valence electrons. The summed E-state index contributed by atoms with van der Waals surface area (Å²) in [6.07, 6.45) is 2.90. The minimum absolute atomic E-state index is 0.115. The van der Waals surface area contributed by atoms with Crippen LogP contribution < -0.4 is 14.2 Å². The van der Waals surface area contributed by atoms with E-state index in [2.05, 4.69) is 0 Å². The Balaban J connectivity index is 2.27. The van der Waals surface area contributed by atoms with Gasteiger partial charge >= 0.3 is 0 Å². The number of aryl methyl sites for hydroxylation is 2.